The number of urea groups is 1. The van der Waals surface area contributed by atoms with Gasteiger partial charge in [0.15, 0.2) is 0 Å². The van der Waals surface area contributed by atoms with Crippen molar-refractivity contribution in [1.29, 1.82) is 0 Å². The number of amides is 3. The van der Waals surface area contributed by atoms with Gasteiger partial charge in [0.2, 0.25) is 5.91 Å². The van der Waals surface area contributed by atoms with Crippen LogP contribution in [0.1, 0.15) is 36.8 Å². The summed E-state index contributed by atoms with van der Waals surface area (Å²) in [5.41, 5.74) is 2.35. The second-order valence-corrected chi connectivity index (χ2v) is 9.06. The topological polar surface area (TPSA) is 77.6 Å². The van der Waals surface area contributed by atoms with E-state index in [1.54, 1.807) is 6.20 Å². The Labute approximate surface area is 196 Å². The van der Waals surface area contributed by atoms with E-state index in [9.17, 15) is 9.59 Å². The Kier molecular flexibility index (Phi) is 8.30. The van der Waals surface area contributed by atoms with Crippen LogP contribution in [0.4, 0.5) is 4.79 Å². The number of fused-ring (bicyclic) bond motifs is 1. The summed E-state index contributed by atoms with van der Waals surface area (Å²) in [6, 6.07) is 14.2. The maximum atomic E-state index is 13.0. The monoisotopic (exact) mass is 449 g/mol. The number of aromatic nitrogens is 1. The number of carbonyl (C=O) groups is 2. The van der Waals surface area contributed by atoms with E-state index in [0.29, 0.717) is 26.1 Å². The summed E-state index contributed by atoms with van der Waals surface area (Å²) in [5, 5.41) is 6.22. The van der Waals surface area contributed by atoms with Crippen molar-refractivity contribution in [2.75, 3.05) is 32.7 Å². The predicted octanol–water partition coefficient (Wildman–Crippen LogP) is 2.83. The molecule has 2 N–H and O–H groups in total. The van der Waals surface area contributed by atoms with Crippen molar-refractivity contribution >= 4 is 11.9 Å². The normalized spacial score (nSPS) is 22.2. The highest BCUT2D eigenvalue weighted by Crippen LogP contribution is 2.26. The minimum atomic E-state index is -0.104. The van der Waals surface area contributed by atoms with E-state index in [2.05, 4.69) is 38.7 Å². The summed E-state index contributed by atoms with van der Waals surface area (Å²) < 4.78 is 0. The highest BCUT2D eigenvalue weighted by Gasteiger charge is 2.39. The van der Waals surface area contributed by atoms with Crippen molar-refractivity contribution in [3.8, 4) is 0 Å². The number of likely N-dealkylation sites (tertiary alicyclic amines) is 1. The number of pyridine rings is 1. The van der Waals surface area contributed by atoms with Crippen LogP contribution in [-0.2, 0) is 17.8 Å². The quantitative estimate of drug-likeness (QED) is 0.736. The van der Waals surface area contributed by atoms with Gasteiger partial charge >= 0.3 is 6.03 Å². The predicted molar refractivity (Wildman–Crippen MR) is 129 cm³/mol. The molecule has 2 aliphatic rings. The van der Waals surface area contributed by atoms with Crippen molar-refractivity contribution in [3.63, 3.8) is 0 Å². The van der Waals surface area contributed by atoms with Crippen molar-refractivity contribution in [3.05, 3.63) is 66.0 Å². The molecule has 1 aromatic heterocycles. The highest BCUT2D eigenvalue weighted by atomic mass is 16.2. The molecule has 7 nitrogen and oxygen atoms in total. The molecule has 3 amide bonds. The lowest BCUT2D eigenvalue weighted by Crippen LogP contribution is -2.59. The van der Waals surface area contributed by atoms with E-state index in [4.69, 9.17) is 0 Å². The van der Waals surface area contributed by atoms with Crippen LogP contribution in [0, 0.1) is 5.92 Å². The fourth-order valence-corrected chi connectivity index (χ4v) is 4.91. The summed E-state index contributed by atoms with van der Waals surface area (Å²) in [6.07, 6.45) is 8.36. The number of carbonyl (C=O) groups excluding carboxylic acids is 2. The van der Waals surface area contributed by atoms with E-state index >= 15 is 0 Å². The van der Waals surface area contributed by atoms with E-state index in [1.165, 1.54) is 5.56 Å². The molecule has 2 aliphatic heterocycles. The Bertz CT molecular complexity index is 892. The van der Waals surface area contributed by atoms with E-state index < -0.39 is 0 Å². The standard InChI is InChI=1S/C26H35N5O2/c32-25-23-12-17-31(26(33)29-15-11-21-8-3-1-4-9-21)20-24(23)30(16-6-2-5-14-28-25)19-22-10-7-13-27-18-22/h1,3-4,7-10,13,18,23-24H,2,5-6,11-12,14-17,19-20H2,(H,28,32)(H,29,33)/t23-,24-/m1/s1. The Morgan fingerprint density at radius 1 is 1.06 bits per heavy atom. The van der Waals surface area contributed by atoms with Crippen LogP contribution in [-0.4, -0.2) is 65.5 Å². The summed E-state index contributed by atoms with van der Waals surface area (Å²) >= 11 is 0. The molecule has 4 rings (SSSR count). The van der Waals surface area contributed by atoms with Crippen LogP contribution < -0.4 is 10.6 Å². The van der Waals surface area contributed by atoms with E-state index in [0.717, 1.165) is 50.9 Å². The van der Waals surface area contributed by atoms with Gasteiger partial charge in [-0.2, -0.15) is 0 Å². The van der Waals surface area contributed by atoms with Crippen molar-refractivity contribution in [1.82, 2.24) is 25.4 Å². The maximum Gasteiger partial charge on any atom is 0.317 e. The lowest BCUT2D eigenvalue weighted by Gasteiger charge is -2.44. The Morgan fingerprint density at radius 3 is 2.73 bits per heavy atom. The number of rotatable bonds is 5. The molecule has 7 heteroatoms. The first-order chi connectivity index (χ1) is 16.2. The largest absolute Gasteiger partial charge is 0.356 e. The van der Waals surface area contributed by atoms with Crippen LogP contribution in [0.2, 0.25) is 0 Å². The van der Waals surface area contributed by atoms with E-state index in [1.807, 2.05) is 35.4 Å². The van der Waals surface area contributed by atoms with Crippen LogP contribution in [0.25, 0.3) is 0 Å². The Morgan fingerprint density at radius 2 is 1.91 bits per heavy atom. The molecule has 0 unspecified atom stereocenters. The third-order valence-corrected chi connectivity index (χ3v) is 6.74. The van der Waals surface area contributed by atoms with Gasteiger partial charge in [-0.05, 0) is 49.4 Å². The molecule has 176 valence electrons. The van der Waals surface area contributed by atoms with Gasteiger partial charge < -0.3 is 15.5 Å². The van der Waals surface area contributed by atoms with Crippen molar-refractivity contribution in [2.24, 2.45) is 5.92 Å². The summed E-state index contributed by atoms with van der Waals surface area (Å²) in [6.45, 7) is 4.18. The van der Waals surface area contributed by atoms with Crippen LogP contribution in [0.3, 0.4) is 0 Å². The second-order valence-electron chi connectivity index (χ2n) is 9.06. The Hall–Kier alpha value is -2.93. The molecular formula is C26H35N5O2. The van der Waals surface area contributed by atoms with Gasteiger partial charge in [0.1, 0.15) is 0 Å². The molecule has 0 saturated carbocycles. The SMILES string of the molecule is O=C1NCCCCCN(Cc2cccnc2)[C@@H]2CN(C(=O)NCCc3ccccc3)CC[C@@H]12. The molecule has 0 aliphatic carbocycles. The number of nitrogens with zero attached hydrogens (tertiary/aromatic N) is 3. The maximum absolute atomic E-state index is 13.0. The zero-order valence-corrected chi connectivity index (χ0v) is 19.3. The van der Waals surface area contributed by atoms with Crippen molar-refractivity contribution < 1.29 is 9.59 Å². The zero-order valence-electron chi connectivity index (χ0n) is 19.3. The molecule has 1 aromatic carbocycles. The fourth-order valence-electron chi connectivity index (χ4n) is 4.91. The fraction of sp³-hybridized carbons (Fsp3) is 0.500. The minimum Gasteiger partial charge on any atom is -0.356 e. The van der Waals surface area contributed by atoms with Gasteiger partial charge in [-0.25, -0.2) is 4.79 Å². The van der Waals surface area contributed by atoms with Crippen LogP contribution >= 0.6 is 0 Å². The zero-order chi connectivity index (χ0) is 22.9. The van der Waals surface area contributed by atoms with E-state index in [-0.39, 0.29) is 23.9 Å². The number of hydrogen-bond donors (Lipinski definition) is 2. The third-order valence-electron chi connectivity index (χ3n) is 6.74. The van der Waals surface area contributed by atoms with Gasteiger partial charge in [0, 0.05) is 51.2 Å². The molecular weight excluding hydrogens is 414 g/mol. The first-order valence-electron chi connectivity index (χ1n) is 12.2. The average Bonchev–Trinajstić information content (AvgIpc) is 2.86. The molecule has 2 fully saturated rings. The number of benzene rings is 1. The smallest absolute Gasteiger partial charge is 0.317 e. The van der Waals surface area contributed by atoms with Crippen LogP contribution in [0.15, 0.2) is 54.9 Å². The van der Waals surface area contributed by atoms with Gasteiger partial charge in [-0.15, -0.1) is 0 Å². The third kappa shape index (κ3) is 6.54. The van der Waals surface area contributed by atoms with Gasteiger partial charge in [-0.1, -0.05) is 42.8 Å². The molecule has 33 heavy (non-hydrogen) atoms. The number of nitrogens with one attached hydrogen (secondary N) is 2. The molecule has 2 saturated heterocycles. The van der Waals surface area contributed by atoms with Gasteiger partial charge in [-0.3, -0.25) is 14.7 Å². The summed E-state index contributed by atoms with van der Waals surface area (Å²) in [5.74, 6) is 0.0235. The number of piperidine rings is 1. The Balaban J connectivity index is 1.43. The summed E-state index contributed by atoms with van der Waals surface area (Å²) in [7, 11) is 0. The molecule has 0 spiro atoms. The van der Waals surface area contributed by atoms with Crippen LogP contribution in [0.5, 0.6) is 0 Å². The average molecular weight is 450 g/mol. The lowest BCUT2D eigenvalue weighted by atomic mass is 9.88. The summed E-state index contributed by atoms with van der Waals surface area (Å²) in [4.78, 5) is 34.5. The molecule has 2 aromatic rings. The molecule has 2 atom stereocenters. The van der Waals surface area contributed by atoms with Gasteiger partial charge in [0.25, 0.3) is 0 Å². The first kappa shape index (κ1) is 23.2. The number of hydrogen-bond acceptors (Lipinski definition) is 4. The molecule has 0 bridgehead atoms. The minimum absolute atomic E-state index is 0.00284. The molecule has 0 radical (unpaired) electrons. The van der Waals surface area contributed by atoms with Gasteiger partial charge in [0.05, 0.1) is 5.92 Å². The lowest BCUT2D eigenvalue weighted by molar-refractivity contribution is -0.129. The highest BCUT2D eigenvalue weighted by molar-refractivity contribution is 5.80. The molecule has 3 heterocycles. The second kappa shape index (κ2) is 11.8. The first-order valence-corrected chi connectivity index (χ1v) is 12.2. The van der Waals surface area contributed by atoms with Crippen molar-refractivity contribution in [2.45, 2.75) is 44.7 Å².